The van der Waals surface area contributed by atoms with Gasteiger partial charge in [-0.2, -0.15) is 0 Å². The van der Waals surface area contributed by atoms with Crippen LogP contribution in [0.25, 0.3) is 43.2 Å². The number of nitrogens with zero attached hydrogens (tertiary/aromatic N) is 8. The molecule has 0 aliphatic carbocycles. The van der Waals surface area contributed by atoms with Crippen molar-refractivity contribution in [3.05, 3.63) is 312 Å². The molecular formula is C105H118Cl4N16O8. The number of aryl methyl sites for hydroxylation is 3. The Bertz CT molecular complexity index is 5780. The minimum Gasteiger partial charge on any atom is -0.386 e. The zero-order valence-corrected chi connectivity index (χ0v) is 78.7. The largest absolute Gasteiger partial charge is 0.386 e. The topological polar surface area (TPSA) is 370 Å². The number of alkyl halides is 4. The zero-order chi connectivity index (χ0) is 95.2. The number of anilines is 2. The van der Waals surface area contributed by atoms with E-state index >= 15 is 0 Å². The molecule has 28 heteroatoms. The van der Waals surface area contributed by atoms with Gasteiger partial charge in [0.1, 0.15) is 34.7 Å². The third-order valence-electron chi connectivity index (χ3n) is 21.8. The highest BCUT2D eigenvalue weighted by Gasteiger charge is 2.27. The molecule has 12 rings (SSSR count). The minimum absolute atomic E-state index is 0.00733. The number of fused-ring (bicyclic) bond motifs is 4. The van der Waals surface area contributed by atoms with E-state index in [1.54, 1.807) is 30.5 Å². The number of carbonyl (C=O) groups excluding carboxylic acids is 8. The third-order valence-corrected chi connectivity index (χ3v) is 22.9. The van der Waals surface area contributed by atoms with Crippen molar-refractivity contribution in [3.63, 3.8) is 0 Å². The number of Topliss-reactive ketones (excluding diaryl/α,β-unsaturated/α-hetero) is 4. The Labute approximate surface area is 798 Å². The van der Waals surface area contributed by atoms with Gasteiger partial charge in [-0.05, 0) is 187 Å². The van der Waals surface area contributed by atoms with Crippen molar-refractivity contribution in [2.24, 2.45) is 42.9 Å². The third kappa shape index (κ3) is 35.4. The fourth-order valence-electron chi connectivity index (χ4n) is 14.3. The maximum Gasteiger partial charge on any atom is 0.270 e. The first-order chi connectivity index (χ1) is 64.4. The summed E-state index contributed by atoms with van der Waals surface area (Å²) in [5.74, 6) is 0.836. The Kier molecular flexibility index (Phi) is 43.4. The molecule has 0 bridgehead atoms. The van der Waals surface area contributed by atoms with E-state index in [1.165, 1.54) is 0 Å². The Morgan fingerprint density at radius 2 is 0.632 bits per heavy atom. The average Bonchev–Trinajstić information content (AvgIpc) is 0.825. The number of halogens is 4. The smallest absolute Gasteiger partial charge is 0.270 e. The second kappa shape index (κ2) is 55.8. The number of carbonyl (C=O) groups is 8. The van der Waals surface area contributed by atoms with Gasteiger partial charge in [0.2, 0.25) is 0 Å². The molecule has 133 heavy (non-hydrogen) atoms. The lowest BCUT2D eigenvalue weighted by Gasteiger charge is -2.18. The number of rotatable bonds is 45. The van der Waals surface area contributed by atoms with Crippen molar-refractivity contribution in [3.8, 4) is 0 Å². The van der Waals surface area contributed by atoms with Crippen LogP contribution in [0.3, 0.4) is 0 Å². The summed E-state index contributed by atoms with van der Waals surface area (Å²) in [6.07, 6.45) is 9.14. The number of amidine groups is 4. The number of nitrogens with one attached hydrogen (secondary N) is 4. The Balaban J connectivity index is 0.000000199. The van der Waals surface area contributed by atoms with Gasteiger partial charge >= 0.3 is 0 Å². The maximum atomic E-state index is 13.1. The summed E-state index contributed by atoms with van der Waals surface area (Å²) in [4.78, 5) is 133. The van der Waals surface area contributed by atoms with E-state index in [1.807, 2.05) is 262 Å². The predicted molar refractivity (Wildman–Crippen MR) is 545 cm³/mol. The number of nitrogens with two attached hydrogens (primary N) is 4. The lowest BCUT2D eigenvalue weighted by molar-refractivity contribution is -0.121. The summed E-state index contributed by atoms with van der Waals surface area (Å²) in [6, 6.07) is 80.5. The first kappa shape index (κ1) is 103. The van der Waals surface area contributed by atoms with Crippen LogP contribution in [0, 0.1) is 0 Å². The van der Waals surface area contributed by atoms with Crippen molar-refractivity contribution in [1.82, 2.24) is 31.2 Å². The van der Waals surface area contributed by atoms with Crippen LogP contribution in [0.2, 0.25) is 0 Å². The molecule has 0 aliphatic rings. The molecule has 10 aromatic carbocycles. The lowest BCUT2D eigenvalue weighted by Crippen LogP contribution is -2.41. The van der Waals surface area contributed by atoms with Crippen LogP contribution < -0.4 is 54.0 Å². The van der Waals surface area contributed by atoms with Crippen LogP contribution in [0.4, 0.5) is 11.4 Å². The molecule has 694 valence electrons. The summed E-state index contributed by atoms with van der Waals surface area (Å²) >= 11 is 22.6. The molecule has 12 N–H and O–H groups in total. The van der Waals surface area contributed by atoms with Crippen LogP contribution in [-0.4, -0.2) is 182 Å². The summed E-state index contributed by atoms with van der Waals surface area (Å²) < 4.78 is 0. The molecule has 0 radical (unpaired) electrons. The highest BCUT2D eigenvalue weighted by Crippen LogP contribution is 2.26. The Morgan fingerprint density at radius 3 is 1.02 bits per heavy atom. The molecule has 0 aliphatic heterocycles. The van der Waals surface area contributed by atoms with Crippen LogP contribution in [-0.2, 0) is 44.9 Å². The summed E-state index contributed by atoms with van der Waals surface area (Å²) in [6.45, 7) is 1.81. The quantitative estimate of drug-likeness (QED) is 0.00761. The number of benzene rings is 10. The monoisotopic (exact) mass is 1870 g/mol. The summed E-state index contributed by atoms with van der Waals surface area (Å²) in [5, 5.41) is 18.5. The van der Waals surface area contributed by atoms with Gasteiger partial charge < -0.3 is 54.0 Å². The SMILES string of the molecule is CN(C)c1ccc2cc(C(=O)N[C@@H](CCCN=C(N)CCl)C(=O)CCc3ccccc3)ccc2c1.CN(C)c1ccc2cc(C(=O)N[C@@H](CCCN=C(N)CCl)C(=O)Cc3ccccc3)ccc2c1.NC(CCl)=NCCC[C@H](NC(=O)c1cc2ccccc2cn1)C(=O)CCc1ccccc1.NC(CCl)=NCCC[C@H](NC(=O)c1ccc2ccccc2n1)C(=O)CCc1ccccc1. The molecule has 4 atom stereocenters. The van der Waals surface area contributed by atoms with Gasteiger partial charge in [-0.15, -0.1) is 46.4 Å². The number of hydrogen-bond donors (Lipinski definition) is 8. The van der Waals surface area contributed by atoms with Gasteiger partial charge in [0.15, 0.2) is 23.1 Å². The minimum atomic E-state index is -0.619. The van der Waals surface area contributed by atoms with Crippen LogP contribution >= 0.6 is 46.4 Å². The molecule has 0 saturated carbocycles. The molecule has 0 saturated heterocycles. The second-order valence-corrected chi connectivity index (χ2v) is 33.3. The molecule has 24 nitrogen and oxygen atoms in total. The maximum absolute atomic E-state index is 13.1. The fraction of sp³-hybridized carbons (Fsp3) is 0.295. The van der Waals surface area contributed by atoms with E-state index < -0.39 is 24.2 Å². The van der Waals surface area contributed by atoms with Crippen molar-refractivity contribution in [2.45, 2.75) is 120 Å². The number of amides is 4. The van der Waals surface area contributed by atoms with E-state index in [0.717, 1.165) is 76.8 Å². The standard InChI is InChI=1S/C28H33ClN4O2.C27H31ClN4O2.2C25H27ClN4O2/c1-33(2)24-14-13-21-17-23(12-11-22(21)18-24)28(35)32-25(9-6-16-31-27(30)19-29)26(34)15-10-20-7-4-3-5-8-20;1-32(2)23-13-12-20-16-22(11-10-21(20)17-23)27(34)31-24(9-6-14-30-26(29)18-28)25(33)15-19-7-4-3-5-8-19;26-17-24(27)28-16-6-11-21(23(31)15-12-18-7-2-1-3-8-18)30-25(32)22-14-13-19-9-4-5-10-20(19)29-22;26-16-24(27)28-14-6-11-21(23(31)13-12-18-7-2-1-3-8-18)30-25(32)22-15-19-9-4-5-10-20(19)17-29-22/h3-5,7-8,11-14,17-18,25H,6,9-10,15-16,19H2,1-2H3,(H2,30,31)(H,32,35);3-5,7-8,10-13,16-17,24H,6,9,14-15,18H2,1-2H3,(H2,29,30)(H,31,34);1-5,7-10,13-14,21H,6,11-12,15-17H2,(H2,27,28)(H,30,32);1-5,7-10,15,17,21H,6,11-14,16H2,(H2,27,28)(H,30,32)/t25-;24-;2*21-/m0000/s1. The normalized spacial score (nSPS) is 12.4. The predicted octanol–water partition coefficient (Wildman–Crippen LogP) is 16.6. The van der Waals surface area contributed by atoms with E-state index in [-0.39, 0.29) is 88.1 Å². The van der Waals surface area contributed by atoms with Gasteiger partial charge in [-0.25, -0.2) is 4.98 Å². The number of aliphatic imine (C=N–C) groups is 4. The molecule has 12 aromatic rings. The molecule has 0 fully saturated rings. The van der Waals surface area contributed by atoms with Crippen molar-refractivity contribution in [1.29, 1.82) is 0 Å². The van der Waals surface area contributed by atoms with Crippen LogP contribution in [0.15, 0.2) is 287 Å². The van der Waals surface area contributed by atoms with Crippen LogP contribution in [0.5, 0.6) is 0 Å². The zero-order valence-electron chi connectivity index (χ0n) is 75.6. The molecule has 0 unspecified atom stereocenters. The van der Waals surface area contributed by atoms with Crippen molar-refractivity contribution >= 4 is 171 Å². The van der Waals surface area contributed by atoms with Gasteiger partial charge in [0, 0.05) is 120 Å². The summed E-state index contributed by atoms with van der Waals surface area (Å²) in [7, 11) is 7.97. The highest BCUT2D eigenvalue weighted by atomic mass is 35.5. The molecule has 2 aromatic heterocycles. The second-order valence-electron chi connectivity index (χ2n) is 32.3. The Morgan fingerprint density at radius 1 is 0.323 bits per heavy atom. The first-order valence-electron chi connectivity index (χ1n) is 44.4. The lowest BCUT2D eigenvalue weighted by atomic mass is 9.99. The Hall–Kier alpha value is -13.3. The number of para-hydroxylation sites is 1. The van der Waals surface area contributed by atoms with E-state index in [2.05, 4.69) is 63.3 Å². The van der Waals surface area contributed by atoms with E-state index in [4.69, 9.17) is 69.3 Å². The first-order valence-corrected chi connectivity index (χ1v) is 46.5. The number of ketones is 4. The number of aromatic nitrogens is 2. The molecular weight excluding hydrogens is 1760 g/mol. The number of hydrogen-bond acceptors (Lipinski definition) is 16. The van der Waals surface area contributed by atoms with Crippen molar-refractivity contribution in [2.75, 3.05) is 87.7 Å². The van der Waals surface area contributed by atoms with Gasteiger partial charge in [-0.1, -0.05) is 194 Å². The van der Waals surface area contributed by atoms with E-state index in [0.29, 0.717) is 151 Å². The van der Waals surface area contributed by atoms with Gasteiger partial charge in [0.05, 0.1) is 53.2 Å². The summed E-state index contributed by atoms with van der Waals surface area (Å²) in [5.41, 5.74) is 31.3. The average molecular weight is 1870 g/mol. The van der Waals surface area contributed by atoms with Gasteiger partial charge in [0.25, 0.3) is 23.6 Å². The van der Waals surface area contributed by atoms with Crippen molar-refractivity contribution < 1.29 is 38.4 Å². The van der Waals surface area contributed by atoms with E-state index in [9.17, 15) is 38.4 Å². The van der Waals surface area contributed by atoms with Gasteiger partial charge in [-0.3, -0.25) is 63.3 Å². The molecule has 2 heterocycles. The number of pyridine rings is 2. The fourth-order valence-corrected chi connectivity index (χ4v) is 14.7. The molecule has 0 spiro atoms. The van der Waals surface area contributed by atoms with Crippen LogP contribution in [0.1, 0.15) is 135 Å². The molecule has 4 amide bonds. The highest BCUT2D eigenvalue weighted by molar-refractivity contribution is 6.29.